The van der Waals surface area contributed by atoms with Gasteiger partial charge in [-0.15, -0.1) is 22.7 Å². The van der Waals surface area contributed by atoms with Crippen LogP contribution in [-0.2, 0) is 14.8 Å². The van der Waals surface area contributed by atoms with E-state index in [2.05, 4.69) is 25.9 Å². The highest BCUT2D eigenvalue weighted by Crippen LogP contribution is 2.13. The zero-order valence-corrected chi connectivity index (χ0v) is 16.2. The number of carbonyl (C=O) groups excluding carboxylic acids is 2. The zero-order valence-electron chi connectivity index (χ0n) is 13.0. The molecular formula is C16H25BrN2O4S2. The lowest BCUT2D eigenvalue weighted by molar-refractivity contribution is 0.0511. The molecule has 0 amide bonds. The van der Waals surface area contributed by atoms with E-state index in [4.69, 9.17) is 9.47 Å². The van der Waals surface area contributed by atoms with E-state index in [1.807, 2.05) is 6.92 Å². The molecule has 2 rings (SSSR count). The quantitative estimate of drug-likeness (QED) is 0.462. The van der Waals surface area contributed by atoms with E-state index < -0.39 is 0 Å². The highest BCUT2D eigenvalue weighted by Gasteiger charge is 2.10. The van der Waals surface area contributed by atoms with Crippen molar-refractivity contribution in [2.24, 2.45) is 0 Å². The van der Waals surface area contributed by atoms with Gasteiger partial charge in [-0.05, 0) is 20.8 Å². The van der Waals surface area contributed by atoms with E-state index in [0.29, 0.717) is 29.9 Å². The van der Waals surface area contributed by atoms with Crippen LogP contribution < -0.4 is 0 Å². The van der Waals surface area contributed by atoms with Gasteiger partial charge in [0.1, 0.15) is 5.01 Å². The van der Waals surface area contributed by atoms with Crippen LogP contribution in [0.5, 0.6) is 0 Å². The molecular weight excluding hydrogens is 428 g/mol. The Morgan fingerprint density at radius 2 is 1.48 bits per heavy atom. The lowest BCUT2D eigenvalue weighted by Gasteiger charge is -1.95. The molecule has 0 unspecified atom stereocenters. The topological polar surface area (TPSA) is 78.4 Å². The van der Waals surface area contributed by atoms with Crippen LogP contribution in [0.4, 0.5) is 0 Å². The van der Waals surface area contributed by atoms with Crippen LogP contribution in [0.2, 0.25) is 0 Å². The molecule has 0 atom stereocenters. The Labute approximate surface area is 165 Å². The molecule has 2 heterocycles. The molecule has 0 N–H and O–H groups in total. The summed E-state index contributed by atoms with van der Waals surface area (Å²) in [7, 11) is 0. The third-order valence-electron chi connectivity index (χ3n) is 2.25. The largest absolute Gasteiger partial charge is 0.461 e. The van der Waals surface area contributed by atoms with Gasteiger partial charge in [-0.1, -0.05) is 30.8 Å². The summed E-state index contributed by atoms with van der Waals surface area (Å²) in [5.74, 6) is -0.683. The van der Waals surface area contributed by atoms with Crippen molar-refractivity contribution in [1.82, 2.24) is 9.97 Å². The summed E-state index contributed by atoms with van der Waals surface area (Å²) < 4.78 is 9.52. The standard InChI is InChI=1S/C7H8BrNO2S.C7H9NO2S.2CH4/c1-2-11-7(10)5-4-12-6(3-8)9-5;1-3-10-7(9)6-4-11-5(2)8-6;;/h4H,2-3H2,1H3;4H,3H2,1-2H3;2*1H4. The summed E-state index contributed by atoms with van der Waals surface area (Å²) in [5, 5.41) is 5.85. The molecule has 0 aliphatic carbocycles. The van der Waals surface area contributed by atoms with Gasteiger partial charge in [0.2, 0.25) is 0 Å². The molecule has 0 saturated heterocycles. The third-order valence-corrected chi connectivity index (χ3v) is 4.78. The zero-order chi connectivity index (χ0) is 17.2. The number of aromatic nitrogens is 2. The smallest absolute Gasteiger partial charge is 0.357 e. The Bertz CT molecular complexity index is 644. The van der Waals surface area contributed by atoms with Gasteiger partial charge < -0.3 is 9.47 Å². The number of nitrogens with zero attached hydrogens (tertiary/aromatic N) is 2. The van der Waals surface area contributed by atoms with Crippen LogP contribution in [-0.4, -0.2) is 35.1 Å². The third kappa shape index (κ3) is 9.08. The van der Waals surface area contributed by atoms with Crippen molar-refractivity contribution in [1.29, 1.82) is 0 Å². The monoisotopic (exact) mass is 452 g/mol. The summed E-state index contributed by atoms with van der Waals surface area (Å²) in [4.78, 5) is 30.1. The molecule has 142 valence electrons. The summed E-state index contributed by atoms with van der Waals surface area (Å²) >= 11 is 6.15. The molecule has 0 radical (unpaired) electrons. The Hall–Kier alpha value is -1.32. The second kappa shape index (κ2) is 13.9. The maximum atomic E-state index is 11.1. The van der Waals surface area contributed by atoms with Gasteiger partial charge in [-0.3, -0.25) is 0 Å². The number of esters is 2. The number of rotatable bonds is 5. The second-order valence-corrected chi connectivity index (χ2v) is 6.52. The summed E-state index contributed by atoms with van der Waals surface area (Å²) in [6.45, 7) is 6.19. The molecule has 2 aromatic rings. The van der Waals surface area contributed by atoms with Crippen molar-refractivity contribution in [3.63, 3.8) is 0 Å². The maximum Gasteiger partial charge on any atom is 0.357 e. The predicted octanol–water partition coefficient (Wildman–Crippen LogP) is 5.12. The highest BCUT2D eigenvalue weighted by molar-refractivity contribution is 9.08. The average Bonchev–Trinajstić information content (AvgIpc) is 3.17. The van der Waals surface area contributed by atoms with Gasteiger partial charge in [0.05, 0.1) is 23.6 Å². The first-order chi connectivity index (χ1) is 11.0. The van der Waals surface area contributed by atoms with Crippen molar-refractivity contribution in [3.8, 4) is 0 Å². The number of hydrogen-bond acceptors (Lipinski definition) is 8. The van der Waals surface area contributed by atoms with Crippen LogP contribution in [0.1, 0.15) is 59.7 Å². The van der Waals surface area contributed by atoms with E-state index in [9.17, 15) is 9.59 Å². The number of carbonyl (C=O) groups is 2. The number of thiazole rings is 2. The minimum absolute atomic E-state index is 0. The summed E-state index contributed by atoms with van der Waals surface area (Å²) in [6, 6.07) is 0. The Morgan fingerprint density at radius 3 is 1.84 bits per heavy atom. The van der Waals surface area contributed by atoms with Crippen LogP contribution in [0.3, 0.4) is 0 Å². The molecule has 0 saturated carbocycles. The predicted molar refractivity (Wildman–Crippen MR) is 107 cm³/mol. The van der Waals surface area contributed by atoms with Gasteiger partial charge in [-0.2, -0.15) is 0 Å². The van der Waals surface area contributed by atoms with Gasteiger partial charge in [-0.25, -0.2) is 19.6 Å². The number of hydrogen-bond donors (Lipinski definition) is 0. The van der Waals surface area contributed by atoms with Crippen LogP contribution in [0, 0.1) is 6.92 Å². The van der Waals surface area contributed by atoms with E-state index in [1.54, 1.807) is 24.6 Å². The molecule has 25 heavy (non-hydrogen) atoms. The fraction of sp³-hybridized carbons (Fsp3) is 0.500. The van der Waals surface area contributed by atoms with E-state index in [-0.39, 0.29) is 26.8 Å². The van der Waals surface area contributed by atoms with Crippen LogP contribution in [0.25, 0.3) is 0 Å². The van der Waals surface area contributed by atoms with E-state index in [0.717, 1.165) is 10.0 Å². The Balaban J connectivity index is 0. The molecule has 0 fully saturated rings. The highest BCUT2D eigenvalue weighted by atomic mass is 79.9. The van der Waals surface area contributed by atoms with Gasteiger partial charge in [0.15, 0.2) is 11.4 Å². The van der Waals surface area contributed by atoms with Crippen LogP contribution in [0.15, 0.2) is 10.8 Å². The molecule has 0 spiro atoms. The summed E-state index contributed by atoms with van der Waals surface area (Å²) in [5.41, 5.74) is 0.811. The molecule has 0 aromatic carbocycles. The lowest BCUT2D eigenvalue weighted by atomic mass is 10.5. The first-order valence-corrected chi connectivity index (χ1v) is 9.66. The SMILES string of the molecule is C.C.CCOC(=O)c1csc(C)n1.CCOC(=O)c1csc(CBr)n1. The molecule has 0 aliphatic heterocycles. The lowest BCUT2D eigenvalue weighted by Crippen LogP contribution is -2.04. The first kappa shape index (κ1) is 25.9. The molecule has 0 bridgehead atoms. The van der Waals surface area contributed by atoms with Crippen molar-refractivity contribution >= 4 is 50.5 Å². The minimum Gasteiger partial charge on any atom is -0.461 e. The molecule has 2 aromatic heterocycles. The fourth-order valence-electron chi connectivity index (χ4n) is 1.33. The Morgan fingerprint density at radius 1 is 1.00 bits per heavy atom. The van der Waals surface area contributed by atoms with Crippen LogP contribution >= 0.6 is 38.6 Å². The van der Waals surface area contributed by atoms with Crippen molar-refractivity contribution < 1.29 is 19.1 Å². The van der Waals surface area contributed by atoms with E-state index in [1.165, 1.54) is 22.7 Å². The molecule has 6 nitrogen and oxygen atoms in total. The fourth-order valence-corrected chi connectivity index (χ4v) is 3.05. The van der Waals surface area contributed by atoms with Crippen molar-refractivity contribution in [2.75, 3.05) is 13.2 Å². The number of halogens is 1. The Kier molecular flexibility index (Phi) is 14.4. The normalized spacial score (nSPS) is 8.96. The van der Waals surface area contributed by atoms with E-state index >= 15 is 0 Å². The number of aryl methyl sites for hydroxylation is 1. The molecule has 0 aliphatic rings. The number of alkyl halides is 1. The van der Waals surface area contributed by atoms with Gasteiger partial charge in [0.25, 0.3) is 0 Å². The van der Waals surface area contributed by atoms with Gasteiger partial charge >= 0.3 is 11.9 Å². The summed E-state index contributed by atoms with van der Waals surface area (Å²) in [6.07, 6.45) is 0. The minimum atomic E-state index is -0.346. The van der Waals surface area contributed by atoms with Crippen molar-refractivity contribution in [2.45, 2.75) is 41.0 Å². The first-order valence-electron chi connectivity index (χ1n) is 6.78. The van der Waals surface area contributed by atoms with Crippen molar-refractivity contribution in [3.05, 3.63) is 32.2 Å². The number of ether oxygens (including phenoxy) is 2. The molecule has 9 heteroatoms. The average molecular weight is 453 g/mol. The van der Waals surface area contributed by atoms with Gasteiger partial charge in [0, 0.05) is 10.8 Å². The second-order valence-electron chi connectivity index (χ2n) is 3.95. The maximum absolute atomic E-state index is 11.1.